The first-order valence-corrected chi connectivity index (χ1v) is 8.43. The van der Waals surface area contributed by atoms with Gasteiger partial charge in [-0.05, 0) is 70.0 Å². The molecule has 0 nitrogen and oxygen atoms in total. The quantitative estimate of drug-likeness (QED) is 0.420. The second kappa shape index (κ2) is 16.2. The Hall–Kier alpha value is 0.869. The average Bonchev–Trinajstić information content (AvgIpc) is 3.13. The Morgan fingerprint density at radius 1 is 0.700 bits per heavy atom. The van der Waals surface area contributed by atoms with Crippen molar-refractivity contribution >= 4 is 11.8 Å². The van der Waals surface area contributed by atoms with E-state index >= 15 is 0 Å². The Labute approximate surface area is 143 Å². The molecule has 0 bridgehead atoms. The Bertz CT molecular complexity index is 167. The van der Waals surface area contributed by atoms with E-state index in [1.54, 1.807) is 0 Å². The van der Waals surface area contributed by atoms with Crippen molar-refractivity contribution < 1.29 is 17.1 Å². The molecule has 0 aromatic carbocycles. The molecular formula is C18H26FeS. The molecule has 0 aromatic heterocycles. The number of rotatable bonds is 8. The monoisotopic (exact) mass is 330 g/mol. The van der Waals surface area contributed by atoms with E-state index in [1.807, 2.05) is 43.9 Å². The second-order valence-electron chi connectivity index (χ2n) is 4.70. The topological polar surface area (TPSA) is 0 Å². The molecule has 2 aliphatic rings. The first kappa shape index (κ1) is 20.9. The minimum atomic E-state index is 0. The van der Waals surface area contributed by atoms with Gasteiger partial charge in [-0.25, -0.2) is 0 Å². The van der Waals surface area contributed by atoms with Crippen LogP contribution in [0.2, 0.25) is 0 Å². The summed E-state index contributed by atoms with van der Waals surface area (Å²) >= 11 is 1.99. The molecule has 10 radical (unpaired) electrons. The first-order valence-electron chi connectivity index (χ1n) is 7.44. The predicted octanol–water partition coefficient (Wildman–Crippen LogP) is 5.46. The van der Waals surface area contributed by atoms with Crippen molar-refractivity contribution in [2.24, 2.45) is 0 Å². The molecule has 0 heterocycles. The third kappa shape index (κ3) is 12.6. The van der Waals surface area contributed by atoms with Gasteiger partial charge < -0.3 is 0 Å². The Balaban J connectivity index is 0.000000507. The number of unbranched alkanes of at least 4 members (excludes halogenated alkanes) is 5. The maximum absolute atomic E-state index is 2.27. The largest absolute Gasteiger partial charge is 0.153 e. The Kier molecular flexibility index (Phi) is 16.9. The normalized spacial score (nSPS) is 18.4. The van der Waals surface area contributed by atoms with E-state index in [4.69, 9.17) is 0 Å². The molecule has 0 unspecified atom stereocenters. The summed E-state index contributed by atoms with van der Waals surface area (Å²) in [5.41, 5.74) is 0. The predicted molar refractivity (Wildman–Crippen MR) is 87.8 cm³/mol. The molecular weight excluding hydrogens is 304 g/mol. The summed E-state index contributed by atoms with van der Waals surface area (Å²) in [6.45, 7) is 2.27. The van der Waals surface area contributed by atoms with Crippen LogP contribution in [-0.4, -0.2) is 5.75 Å². The van der Waals surface area contributed by atoms with Crippen molar-refractivity contribution in [3.63, 3.8) is 0 Å². The minimum absolute atomic E-state index is 0. The van der Waals surface area contributed by atoms with Crippen LogP contribution < -0.4 is 0 Å². The molecule has 0 spiro atoms. The van der Waals surface area contributed by atoms with Crippen LogP contribution in [0.1, 0.15) is 45.4 Å². The number of hydrogen-bond donors (Lipinski definition) is 0. The van der Waals surface area contributed by atoms with Gasteiger partial charge in [0, 0.05) is 22.3 Å². The van der Waals surface area contributed by atoms with E-state index in [9.17, 15) is 0 Å². The van der Waals surface area contributed by atoms with E-state index < -0.39 is 0 Å². The third-order valence-electron chi connectivity index (χ3n) is 2.95. The van der Waals surface area contributed by atoms with Gasteiger partial charge in [0.25, 0.3) is 0 Å². The van der Waals surface area contributed by atoms with Gasteiger partial charge in [0.05, 0.1) is 0 Å². The van der Waals surface area contributed by atoms with Crippen LogP contribution in [0.4, 0.5) is 0 Å². The van der Waals surface area contributed by atoms with Gasteiger partial charge in [0.15, 0.2) is 0 Å². The van der Waals surface area contributed by atoms with E-state index in [2.05, 4.69) is 32.6 Å². The summed E-state index contributed by atoms with van der Waals surface area (Å²) in [5.74, 6) is 1.29. The summed E-state index contributed by atoms with van der Waals surface area (Å²) in [7, 11) is 0. The molecule has 2 aliphatic carbocycles. The maximum Gasteiger partial charge on any atom is 0.0380 e. The van der Waals surface area contributed by atoms with Gasteiger partial charge >= 0.3 is 0 Å². The SMILES string of the molecule is CCCCCCCCS[C]1[CH][CH][CH][CH]1.[CH]1[CH][CH][CH][CH]1.[Fe]. The summed E-state index contributed by atoms with van der Waals surface area (Å²) < 4.78 is 0. The zero-order valence-corrected chi connectivity index (χ0v) is 14.3. The number of thioether (sulfide) groups is 1. The average molecular weight is 330 g/mol. The van der Waals surface area contributed by atoms with Gasteiger partial charge in [0.1, 0.15) is 0 Å². The molecule has 2 fully saturated rings. The smallest absolute Gasteiger partial charge is 0.0380 e. The van der Waals surface area contributed by atoms with Crippen LogP contribution >= 0.6 is 11.8 Å². The zero-order chi connectivity index (χ0) is 13.6. The van der Waals surface area contributed by atoms with E-state index in [0.29, 0.717) is 0 Å². The van der Waals surface area contributed by atoms with E-state index in [-0.39, 0.29) is 17.1 Å². The molecule has 0 aliphatic heterocycles. The van der Waals surface area contributed by atoms with Crippen LogP contribution in [0, 0.1) is 63.0 Å². The van der Waals surface area contributed by atoms with Crippen LogP contribution in [-0.2, 0) is 17.1 Å². The van der Waals surface area contributed by atoms with Crippen LogP contribution in [0.3, 0.4) is 0 Å². The standard InChI is InChI=1S/C13H21S.C5H5.Fe/c1-2-3-4-5-6-9-12-14-13-10-7-8-11-13;1-2-4-5-3-1;/h7-8,10-11H,2-6,9,12H2,1H3;1-5H;. The van der Waals surface area contributed by atoms with Gasteiger partial charge in [-0.3, -0.25) is 0 Å². The van der Waals surface area contributed by atoms with Crippen LogP contribution in [0.15, 0.2) is 0 Å². The molecule has 0 amide bonds. The molecule has 0 aromatic rings. The third-order valence-corrected chi connectivity index (χ3v) is 4.05. The van der Waals surface area contributed by atoms with Crippen molar-refractivity contribution in [1.29, 1.82) is 0 Å². The van der Waals surface area contributed by atoms with Crippen LogP contribution in [0.5, 0.6) is 0 Å². The Morgan fingerprint density at radius 2 is 1.20 bits per heavy atom. The second-order valence-corrected chi connectivity index (χ2v) is 5.87. The van der Waals surface area contributed by atoms with Crippen molar-refractivity contribution in [1.82, 2.24) is 0 Å². The summed E-state index contributed by atoms with van der Waals surface area (Å²) in [6, 6.07) is 0. The molecule has 0 saturated heterocycles. The van der Waals surface area contributed by atoms with Gasteiger partial charge in [-0.1, -0.05) is 39.0 Å². The van der Waals surface area contributed by atoms with Crippen molar-refractivity contribution in [2.75, 3.05) is 5.75 Å². The van der Waals surface area contributed by atoms with E-state index in [1.165, 1.54) is 49.5 Å². The Morgan fingerprint density at radius 3 is 1.75 bits per heavy atom. The molecule has 2 heteroatoms. The minimum Gasteiger partial charge on any atom is -0.153 e. The fourth-order valence-corrected chi connectivity index (χ4v) is 2.78. The summed E-state index contributed by atoms with van der Waals surface area (Å²) in [5, 5.41) is 1.43. The maximum atomic E-state index is 2.27. The molecule has 112 valence electrons. The van der Waals surface area contributed by atoms with Gasteiger partial charge in [0.2, 0.25) is 0 Å². The molecule has 2 saturated carbocycles. The molecule has 0 atom stereocenters. The molecule has 0 N–H and O–H groups in total. The van der Waals surface area contributed by atoms with Crippen molar-refractivity contribution in [3.8, 4) is 0 Å². The van der Waals surface area contributed by atoms with Gasteiger partial charge in [-0.2, -0.15) is 11.8 Å². The van der Waals surface area contributed by atoms with Crippen LogP contribution in [0.25, 0.3) is 0 Å². The fraction of sp³-hybridized carbons (Fsp3) is 0.444. The zero-order valence-electron chi connectivity index (χ0n) is 12.4. The van der Waals surface area contributed by atoms with Crippen molar-refractivity contribution in [2.45, 2.75) is 45.4 Å². The summed E-state index contributed by atoms with van der Waals surface area (Å²) in [6.07, 6.45) is 27.0. The fourth-order valence-electron chi connectivity index (χ4n) is 1.85. The molecule has 2 rings (SSSR count). The van der Waals surface area contributed by atoms with Crippen molar-refractivity contribution in [3.05, 3.63) is 63.0 Å². The number of hydrogen-bond acceptors (Lipinski definition) is 1. The van der Waals surface area contributed by atoms with Gasteiger partial charge in [-0.15, -0.1) is 0 Å². The summed E-state index contributed by atoms with van der Waals surface area (Å²) in [4.78, 5) is 0. The van der Waals surface area contributed by atoms with E-state index in [0.717, 1.165) is 0 Å². The first-order chi connectivity index (χ1) is 9.43. The molecule has 20 heavy (non-hydrogen) atoms.